The number of fused-ring (bicyclic) bond motifs is 3. The van der Waals surface area contributed by atoms with Crippen LogP contribution in [-0.2, 0) is 17.7 Å². The molecule has 3 aromatic rings. The van der Waals surface area contributed by atoms with E-state index < -0.39 is 0 Å². The minimum absolute atomic E-state index is 0. The number of amides is 1. The lowest BCUT2D eigenvalue weighted by molar-refractivity contribution is -0.946. The van der Waals surface area contributed by atoms with Crippen LogP contribution in [0.25, 0.3) is 0 Å². The molecule has 7 heteroatoms. The summed E-state index contributed by atoms with van der Waals surface area (Å²) in [6.45, 7) is 5.19. The number of anilines is 1. The van der Waals surface area contributed by atoms with Crippen molar-refractivity contribution in [2.24, 2.45) is 5.92 Å². The first-order valence-corrected chi connectivity index (χ1v) is 13.4. The number of thiophene rings is 2. The molecule has 2 aromatic heterocycles. The van der Waals surface area contributed by atoms with Gasteiger partial charge in [-0.2, -0.15) is 0 Å². The highest BCUT2D eigenvalue weighted by atomic mass is 79.9. The topological polar surface area (TPSA) is 29.5 Å². The van der Waals surface area contributed by atoms with Crippen LogP contribution in [0, 0.1) is 5.92 Å². The van der Waals surface area contributed by atoms with Gasteiger partial charge in [0.05, 0.1) is 26.2 Å². The number of hydrogen-bond acceptors (Lipinski definition) is 4. The predicted molar refractivity (Wildman–Crippen MR) is 132 cm³/mol. The Balaban J connectivity index is 0.00000259. The number of piperidine rings is 3. The van der Waals surface area contributed by atoms with Gasteiger partial charge < -0.3 is 26.2 Å². The van der Waals surface area contributed by atoms with E-state index in [1.165, 1.54) is 43.8 Å². The number of aryl methyl sites for hydroxylation is 1. The van der Waals surface area contributed by atoms with E-state index in [1.54, 1.807) is 16.2 Å². The van der Waals surface area contributed by atoms with E-state index in [1.807, 2.05) is 47.7 Å². The zero-order valence-corrected chi connectivity index (χ0v) is 22.0. The number of ether oxygens (including phenoxy) is 1. The van der Waals surface area contributed by atoms with Gasteiger partial charge in [0.1, 0.15) is 6.54 Å². The quantitative estimate of drug-likeness (QED) is 0.406. The average molecular weight is 548 g/mol. The largest absolute Gasteiger partial charge is 1.00 e. The first-order chi connectivity index (χ1) is 15.7. The van der Waals surface area contributed by atoms with Gasteiger partial charge in [0.25, 0.3) is 0 Å². The van der Waals surface area contributed by atoms with Crippen LogP contribution in [0.2, 0.25) is 0 Å². The maximum atomic E-state index is 13.4. The molecule has 0 saturated carbocycles. The van der Waals surface area contributed by atoms with Gasteiger partial charge in [0.15, 0.2) is 6.10 Å². The van der Waals surface area contributed by atoms with Crippen LogP contribution in [0.15, 0.2) is 65.4 Å². The summed E-state index contributed by atoms with van der Waals surface area (Å²) in [4.78, 5) is 17.8. The van der Waals surface area contributed by atoms with Crippen LogP contribution in [0.3, 0.4) is 0 Å². The van der Waals surface area contributed by atoms with E-state index in [-0.39, 0.29) is 29.2 Å². The zero-order valence-electron chi connectivity index (χ0n) is 18.8. The van der Waals surface area contributed by atoms with E-state index in [0.29, 0.717) is 12.5 Å². The van der Waals surface area contributed by atoms with E-state index in [9.17, 15) is 4.79 Å². The molecule has 3 fully saturated rings. The normalized spacial score (nSPS) is 23.6. The lowest BCUT2D eigenvalue weighted by Crippen LogP contribution is -3.00. The molecule has 0 N–H and O–H groups in total. The van der Waals surface area contributed by atoms with Crippen molar-refractivity contribution >= 4 is 34.5 Å². The van der Waals surface area contributed by atoms with E-state index in [2.05, 4.69) is 29.0 Å². The van der Waals surface area contributed by atoms with Gasteiger partial charge in [0.2, 0.25) is 0 Å². The van der Waals surface area contributed by atoms with Gasteiger partial charge >= 0.3 is 6.09 Å². The third kappa shape index (κ3) is 5.88. The molecule has 0 spiro atoms. The Morgan fingerprint density at radius 1 is 0.970 bits per heavy atom. The Morgan fingerprint density at radius 2 is 1.67 bits per heavy atom. The molecule has 1 amide bonds. The molecule has 0 unspecified atom stereocenters. The summed E-state index contributed by atoms with van der Waals surface area (Å²) in [7, 11) is 0. The number of quaternary nitrogens is 1. The summed E-state index contributed by atoms with van der Waals surface area (Å²) in [5.41, 5.74) is 0.895. The third-order valence-corrected chi connectivity index (χ3v) is 8.91. The summed E-state index contributed by atoms with van der Waals surface area (Å²) in [6, 6.07) is 18.4. The monoisotopic (exact) mass is 546 g/mol. The highest BCUT2D eigenvalue weighted by Gasteiger charge is 2.47. The standard InChI is InChI=1S/C26H31N2O2S2.BrH/c29-26(27(19-24-11-6-18-32-24)22-7-2-1-3-8-22)30-25-20-28(15-12-21(25)13-16-28)14-4-9-23-10-5-17-31-23;/h1-3,5-8,10-11,17-18,21,25H,4,9,12-16,19-20H2;1H/q+1;/p-1/t21?,25-,28?;/m0./s1. The lowest BCUT2D eigenvalue weighted by atomic mass is 9.83. The number of rotatable bonds is 8. The van der Waals surface area contributed by atoms with E-state index in [4.69, 9.17) is 4.74 Å². The Morgan fingerprint density at radius 3 is 2.33 bits per heavy atom. The van der Waals surface area contributed by atoms with Crippen LogP contribution >= 0.6 is 22.7 Å². The van der Waals surface area contributed by atoms with Crippen molar-refractivity contribution in [2.45, 2.75) is 38.3 Å². The second-order valence-electron chi connectivity index (χ2n) is 9.14. The molecule has 3 aliphatic rings. The molecule has 5 heterocycles. The third-order valence-electron chi connectivity index (χ3n) is 7.11. The minimum Gasteiger partial charge on any atom is -1.00 e. The Labute approximate surface area is 215 Å². The van der Waals surface area contributed by atoms with Crippen LogP contribution in [0.1, 0.15) is 29.0 Å². The van der Waals surface area contributed by atoms with Crippen molar-refractivity contribution in [3.63, 3.8) is 0 Å². The van der Waals surface area contributed by atoms with Gasteiger partial charge in [-0.1, -0.05) is 30.3 Å². The maximum Gasteiger partial charge on any atom is 0.415 e. The van der Waals surface area contributed by atoms with Crippen LogP contribution in [0.4, 0.5) is 10.5 Å². The molecule has 33 heavy (non-hydrogen) atoms. The first kappa shape index (κ1) is 24.5. The molecule has 6 rings (SSSR count). The predicted octanol–water partition coefficient (Wildman–Crippen LogP) is 3.20. The summed E-state index contributed by atoms with van der Waals surface area (Å²) < 4.78 is 7.37. The van der Waals surface area contributed by atoms with Gasteiger partial charge in [-0.05, 0) is 41.4 Å². The molecule has 1 atom stereocenters. The number of carbonyl (C=O) groups is 1. The first-order valence-electron chi connectivity index (χ1n) is 11.6. The van der Waals surface area contributed by atoms with Crippen molar-refractivity contribution in [1.29, 1.82) is 0 Å². The molecular weight excluding hydrogens is 516 g/mol. The fraction of sp³-hybridized carbons (Fsp3) is 0.423. The SMILES string of the molecule is O=C(O[C@H]1C[N+]2(CCCc3cccs3)CCC1CC2)N(Cc1cccs1)c1ccccc1.[Br-]. The van der Waals surface area contributed by atoms with E-state index >= 15 is 0 Å². The van der Waals surface area contributed by atoms with Crippen LogP contribution in [0.5, 0.6) is 0 Å². The van der Waals surface area contributed by atoms with Crippen molar-refractivity contribution in [1.82, 2.24) is 0 Å². The molecule has 4 nitrogen and oxygen atoms in total. The van der Waals surface area contributed by atoms with Crippen molar-refractivity contribution < 1.29 is 31.0 Å². The summed E-state index contributed by atoms with van der Waals surface area (Å²) >= 11 is 3.53. The van der Waals surface area contributed by atoms with Crippen molar-refractivity contribution in [2.75, 3.05) is 31.1 Å². The summed E-state index contributed by atoms with van der Waals surface area (Å²) in [5.74, 6) is 0.510. The zero-order chi connectivity index (χ0) is 21.8. The second kappa shape index (κ2) is 11.2. The van der Waals surface area contributed by atoms with Gasteiger partial charge in [-0.25, -0.2) is 4.79 Å². The molecule has 3 saturated heterocycles. The Kier molecular flexibility index (Phi) is 8.28. The molecule has 0 aliphatic carbocycles. The fourth-order valence-electron chi connectivity index (χ4n) is 5.33. The van der Waals surface area contributed by atoms with Crippen LogP contribution < -0.4 is 21.9 Å². The van der Waals surface area contributed by atoms with Gasteiger partial charge in [-0.3, -0.25) is 4.90 Å². The highest BCUT2D eigenvalue weighted by Crippen LogP contribution is 2.36. The lowest BCUT2D eigenvalue weighted by Gasteiger charge is -2.52. The summed E-state index contributed by atoms with van der Waals surface area (Å²) in [5, 5.41) is 4.22. The average Bonchev–Trinajstić information content (AvgIpc) is 3.53. The molecule has 0 radical (unpaired) electrons. The fourth-order valence-corrected chi connectivity index (χ4v) is 6.78. The molecule has 1 aromatic carbocycles. The number of carbonyl (C=O) groups excluding carboxylic acids is 1. The minimum atomic E-state index is -0.208. The van der Waals surface area contributed by atoms with Crippen molar-refractivity contribution in [3.8, 4) is 0 Å². The number of para-hydroxylation sites is 1. The molecular formula is C26H31BrN2O2S2. The molecule has 176 valence electrons. The maximum absolute atomic E-state index is 13.4. The summed E-state index contributed by atoms with van der Waals surface area (Å²) in [6.07, 6.45) is 4.54. The smallest absolute Gasteiger partial charge is 0.415 e. The van der Waals surface area contributed by atoms with Crippen molar-refractivity contribution in [3.05, 3.63) is 75.1 Å². The Bertz CT molecular complexity index is 987. The van der Waals surface area contributed by atoms with Gasteiger partial charge in [-0.15, -0.1) is 22.7 Å². The number of nitrogens with zero attached hydrogens (tertiary/aromatic N) is 2. The molecule has 3 aliphatic heterocycles. The highest BCUT2D eigenvalue weighted by molar-refractivity contribution is 7.10. The number of hydrogen-bond donors (Lipinski definition) is 0. The van der Waals surface area contributed by atoms with Gasteiger partial charge in [0, 0.05) is 40.6 Å². The Hall–Kier alpha value is -1.67. The van der Waals surface area contributed by atoms with E-state index in [0.717, 1.165) is 28.0 Å². The number of halogens is 1. The second-order valence-corrected chi connectivity index (χ2v) is 11.2. The molecule has 2 bridgehead atoms. The van der Waals surface area contributed by atoms with Crippen LogP contribution in [-0.4, -0.2) is 42.9 Å². The number of benzene rings is 1.